The highest BCUT2D eigenvalue weighted by Gasteiger charge is 2.15. The van der Waals surface area contributed by atoms with Crippen LogP contribution in [0.1, 0.15) is 207 Å². The fourth-order valence-electron chi connectivity index (χ4n) is 7.53. The summed E-state index contributed by atoms with van der Waals surface area (Å²) in [5, 5.41) is 21.1. The topological polar surface area (TPSA) is 40.5 Å². The molecule has 0 aliphatic carbocycles. The molecule has 0 spiro atoms. The molecular weight excluding hydrogens is 741 g/mol. The lowest BCUT2D eigenvalue weighted by Crippen LogP contribution is -1.96. The van der Waals surface area contributed by atoms with E-state index in [0.29, 0.717) is 17.9 Å². The second kappa shape index (κ2) is 32.0. The number of hydrogen-bond acceptors (Lipinski definition) is 2. The molecule has 0 aliphatic heterocycles. The quantitative estimate of drug-likeness (QED) is 0.0624. The molecule has 0 aliphatic rings. The van der Waals surface area contributed by atoms with Crippen LogP contribution in [-0.4, -0.2) is 10.2 Å². The van der Waals surface area contributed by atoms with E-state index in [4.69, 9.17) is 6.92 Å². The Hall–Kier alpha value is -3.78. The normalized spacial score (nSPS) is 14.8. The summed E-state index contributed by atoms with van der Waals surface area (Å²) in [5.41, 5.74) is 17.3. The zero-order valence-electron chi connectivity index (χ0n) is 41.7. The van der Waals surface area contributed by atoms with E-state index in [1.165, 1.54) is 50.2 Å². The standard InChI is InChI=1S/C59H90O2/c1-44(2)24-15-25-45(3)26-16-27-46(4)28-17-29-47(5)30-18-31-48(6)32-19-33-49(7)34-20-35-50(8)36-21-37-51(9)38-22-39-52(10)40-23-41-53(11)42-43-57-56(14)58(60)54(12)55(13)59(57)61/h1,24,26,28,30,32,34,36,38,40,42,60-61H,15-23,25,27,29,31,33,35,37,39,41,43H2,2-14H3/b44-24-,45-26+,46-28+,47-30+,48-32+,49-34+,50-36+,51-38+,52-40+,53-42+. The molecule has 0 atom stereocenters. The maximum absolute atomic E-state index is 10.6. The van der Waals surface area contributed by atoms with Crippen LogP contribution in [0.4, 0.5) is 0 Å². The summed E-state index contributed by atoms with van der Waals surface area (Å²) in [7, 11) is 0. The molecule has 0 unspecified atom stereocenters. The Kier molecular flexibility index (Phi) is 29.0. The van der Waals surface area contributed by atoms with Gasteiger partial charge in [0.1, 0.15) is 11.5 Å². The smallest absolute Gasteiger partial charge is 0.122 e. The van der Waals surface area contributed by atoms with Crippen LogP contribution in [-0.2, 0) is 6.42 Å². The minimum Gasteiger partial charge on any atom is -0.507 e. The van der Waals surface area contributed by atoms with Gasteiger partial charge in [-0.3, -0.25) is 0 Å². The molecule has 0 amide bonds. The fourth-order valence-corrected chi connectivity index (χ4v) is 7.53. The van der Waals surface area contributed by atoms with E-state index in [9.17, 15) is 10.2 Å². The van der Waals surface area contributed by atoms with E-state index in [1.807, 2.05) is 27.7 Å². The maximum atomic E-state index is 10.6. The van der Waals surface area contributed by atoms with Gasteiger partial charge < -0.3 is 10.2 Å². The highest BCUT2D eigenvalue weighted by atomic mass is 16.3. The lowest BCUT2D eigenvalue weighted by Gasteiger charge is -2.15. The lowest BCUT2D eigenvalue weighted by atomic mass is 9.94. The lowest BCUT2D eigenvalue weighted by molar-refractivity contribution is 0.444. The van der Waals surface area contributed by atoms with Crippen LogP contribution in [0.3, 0.4) is 0 Å². The molecule has 2 N–H and O–H groups in total. The predicted octanol–water partition coefficient (Wildman–Crippen LogP) is 18.8. The van der Waals surface area contributed by atoms with Gasteiger partial charge in [0.25, 0.3) is 0 Å². The van der Waals surface area contributed by atoms with Gasteiger partial charge in [-0.25, -0.2) is 0 Å². The summed E-state index contributed by atoms with van der Waals surface area (Å²) in [6, 6.07) is 0. The Balaban J connectivity index is 2.29. The molecule has 0 aromatic heterocycles. The first-order valence-corrected chi connectivity index (χ1v) is 23.7. The van der Waals surface area contributed by atoms with Crippen molar-refractivity contribution in [2.45, 2.75) is 212 Å². The zero-order valence-corrected chi connectivity index (χ0v) is 41.7. The third kappa shape index (κ3) is 26.3. The third-order valence-electron chi connectivity index (χ3n) is 12.3. The van der Waals surface area contributed by atoms with Crippen molar-refractivity contribution in [3.63, 3.8) is 0 Å². The van der Waals surface area contributed by atoms with Crippen LogP contribution in [0.2, 0.25) is 0 Å². The Morgan fingerprint density at radius 2 is 0.541 bits per heavy atom. The van der Waals surface area contributed by atoms with Crippen molar-refractivity contribution < 1.29 is 10.2 Å². The maximum Gasteiger partial charge on any atom is 0.122 e. The van der Waals surface area contributed by atoms with Crippen molar-refractivity contribution in [2.75, 3.05) is 0 Å². The van der Waals surface area contributed by atoms with Crippen LogP contribution in [0.25, 0.3) is 0 Å². The molecule has 1 rings (SSSR count). The van der Waals surface area contributed by atoms with Gasteiger partial charge in [0.05, 0.1) is 0 Å². The van der Waals surface area contributed by atoms with Crippen molar-refractivity contribution in [1.29, 1.82) is 0 Å². The number of benzene rings is 1. The number of hydrogen-bond donors (Lipinski definition) is 2. The van der Waals surface area contributed by atoms with E-state index in [1.54, 1.807) is 0 Å². The molecule has 0 saturated heterocycles. The van der Waals surface area contributed by atoms with Gasteiger partial charge in [0.2, 0.25) is 0 Å². The van der Waals surface area contributed by atoms with E-state index in [0.717, 1.165) is 143 Å². The summed E-state index contributed by atoms with van der Waals surface area (Å²) in [6.07, 6.45) is 44.5. The molecule has 2 radical (unpaired) electrons. The largest absolute Gasteiger partial charge is 0.507 e. The van der Waals surface area contributed by atoms with Crippen LogP contribution >= 0.6 is 0 Å². The molecule has 0 fully saturated rings. The SMILES string of the molecule is [CH]/C(C)=C/CC/C(C)=C/CC/C(C)=C/CC/C(C)=C/CC/C(C)=C/CC/C(C)=C/CC/C(C)=C/CC/C(C)=C/CC/C(C)=C/CC/C(C)=C/Cc1c(C)c(O)c(C)c(C)c1O. The van der Waals surface area contributed by atoms with Gasteiger partial charge in [-0.2, -0.15) is 0 Å². The average Bonchev–Trinajstić information content (AvgIpc) is 3.19. The van der Waals surface area contributed by atoms with Crippen LogP contribution < -0.4 is 0 Å². The molecule has 61 heavy (non-hydrogen) atoms. The molecular formula is C59H90O2. The Morgan fingerprint density at radius 3 is 0.787 bits per heavy atom. The molecule has 0 bridgehead atoms. The molecule has 1 aromatic rings. The van der Waals surface area contributed by atoms with Crippen LogP contribution in [0, 0.1) is 27.7 Å². The van der Waals surface area contributed by atoms with Gasteiger partial charge in [0.15, 0.2) is 0 Å². The highest BCUT2D eigenvalue weighted by Crippen LogP contribution is 2.36. The minimum absolute atomic E-state index is 0.300. The van der Waals surface area contributed by atoms with Crippen molar-refractivity contribution in [2.24, 2.45) is 0 Å². The second-order valence-electron chi connectivity index (χ2n) is 18.5. The van der Waals surface area contributed by atoms with Gasteiger partial charge in [-0.15, -0.1) is 0 Å². The molecule has 0 saturated carbocycles. The predicted molar refractivity (Wildman–Crippen MR) is 273 cm³/mol. The van der Waals surface area contributed by atoms with Gasteiger partial charge in [-0.05, 0) is 236 Å². The third-order valence-corrected chi connectivity index (χ3v) is 12.3. The van der Waals surface area contributed by atoms with Crippen molar-refractivity contribution in [1.82, 2.24) is 0 Å². The summed E-state index contributed by atoms with van der Waals surface area (Å²) in [4.78, 5) is 0. The molecule has 2 heteroatoms. The van der Waals surface area contributed by atoms with Crippen LogP contribution in [0.5, 0.6) is 11.5 Å². The Morgan fingerprint density at radius 1 is 0.328 bits per heavy atom. The number of rotatable bonds is 29. The number of phenols is 2. The highest BCUT2D eigenvalue weighted by molar-refractivity contribution is 5.57. The fraction of sp³-hybridized carbons (Fsp3) is 0.542. The molecule has 1 aromatic carbocycles. The summed E-state index contributed by atoms with van der Waals surface area (Å²) in [6.45, 7) is 33.7. The van der Waals surface area contributed by atoms with Crippen molar-refractivity contribution in [3.05, 3.63) is 146 Å². The van der Waals surface area contributed by atoms with E-state index in [2.05, 4.69) is 123 Å². The van der Waals surface area contributed by atoms with Gasteiger partial charge in [0, 0.05) is 5.56 Å². The first-order valence-electron chi connectivity index (χ1n) is 23.7. The monoisotopic (exact) mass is 831 g/mol. The number of aromatic hydroxyl groups is 2. The van der Waals surface area contributed by atoms with Crippen molar-refractivity contribution in [3.8, 4) is 11.5 Å². The van der Waals surface area contributed by atoms with Gasteiger partial charge in [-0.1, -0.05) is 116 Å². The molecule has 0 heterocycles. The minimum atomic E-state index is 0.300. The average molecular weight is 831 g/mol. The second-order valence-corrected chi connectivity index (χ2v) is 18.5. The molecule has 2 nitrogen and oxygen atoms in total. The Bertz CT molecular complexity index is 1770. The van der Waals surface area contributed by atoms with Crippen LogP contribution in [0.15, 0.2) is 116 Å². The zero-order chi connectivity index (χ0) is 45.7. The Labute approximate surface area is 377 Å². The summed E-state index contributed by atoms with van der Waals surface area (Å²) in [5.74, 6) is 0.614. The van der Waals surface area contributed by atoms with E-state index < -0.39 is 0 Å². The van der Waals surface area contributed by atoms with Gasteiger partial charge >= 0.3 is 0 Å². The number of phenolic OH excluding ortho intramolecular Hbond substituents is 2. The van der Waals surface area contributed by atoms with E-state index in [-0.39, 0.29) is 0 Å². The first kappa shape index (κ1) is 55.2. The summed E-state index contributed by atoms with van der Waals surface area (Å²) < 4.78 is 0. The number of allylic oxidation sites excluding steroid dienone is 20. The van der Waals surface area contributed by atoms with Crippen molar-refractivity contribution >= 4 is 0 Å². The summed E-state index contributed by atoms with van der Waals surface area (Å²) >= 11 is 0. The first-order chi connectivity index (χ1) is 28.9. The molecule has 338 valence electrons. The van der Waals surface area contributed by atoms with E-state index >= 15 is 0 Å².